The Morgan fingerprint density at radius 1 is 1.83 bits per heavy atom. The summed E-state index contributed by atoms with van der Waals surface area (Å²) >= 11 is 4.74. The molecule has 0 aromatic carbocycles. The topological polar surface area (TPSA) is 37.3 Å². The molecule has 2 radical (unpaired) electrons. The molecule has 0 saturated carbocycles. The van der Waals surface area contributed by atoms with E-state index in [1.54, 1.807) is 0 Å². The van der Waals surface area contributed by atoms with Crippen molar-refractivity contribution in [3.8, 4) is 0 Å². The number of alkyl halides is 1. The van der Waals surface area contributed by atoms with Gasteiger partial charge in [0.25, 0.3) is 0 Å². The Morgan fingerprint density at radius 3 is 2.00 bits per heavy atom. The van der Waals surface area contributed by atoms with Crippen LogP contribution in [-0.4, -0.2) is 44.3 Å². The number of hydrogen-bond donors (Lipinski definition) is 1. The van der Waals surface area contributed by atoms with E-state index in [2.05, 4.69) is 0 Å². The molecular weight excluding hydrogens is 299 g/mol. The first-order chi connectivity index (χ1) is 2.27. The van der Waals surface area contributed by atoms with Crippen LogP contribution < -0.4 is 0 Å². The molecule has 36 valence electrons. The van der Waals surface area contributed by atoms with E-state index in [0.29, 0.717) is 0 Å². The van der Waals surface area contributed by atoms with Crippen molar-refractivity contribution in [2.75, 3.05) is 5.88 Å². The number of rotatable bonds is 1. The Labute approximate surface area is 60.6 Å². The third-order valence-electron chi connectivity index (χ3n) is 0.114. The average Bonchev–Trinajstić information content (AvgIpc) is 1.38. The van der Waals surface area contributed by atoms with Gasteiger partial charge in [0.2, 0.25) is 0 Å². The van der Waals surface area contributed by atoms with Crippen LogP contribution in [0, 0.1) is 0 Å². The minimum atomic E-state index is -0.980. The fourth-order valence-electron chi connectivity index (χ4n) is 0. The van der Waals surface area contributed by atoms with E-state index in [9.17, 15) is 4.79 Å². The third-order valence-corrected chi connectivity index (χ3v) is 0.343. The van der Waals surface area contributed by atoms with E-state index < -0.39 is 5.97 Å². The molecule has 0 unspecified atom stereocenters. The molecule has 0 amide bonds. The van der Waals surface area contributed by atoms with Gasteiger partial charge in [-0.05, 0) is 0 Å². The number of carbonyl (C=O) groups is 1. The number of carboxylic acid groups (broad SMARTS) is 1. The van der Waals surface area contributed by atoms with Gasteiger partial charge in [0, 0.05) is 0 Å². The maximum atomic E-state index is 9.24. The van der Waals surface area contributed by atoms with Gasteiger partial charge < -0.3 is 5.11 Å². The molecule has 0 rings (SSSR count). The summed E-state index contributed by atoms with van der Waals surface area (Å²) < 4.78 is 0. The van der Waals surface area contributed by atoms with Gasteiger partial charge in [-0.15, -0.1) is 11.6 Å². The second kappa shape index (κ2) is 5.68. The normalized spacial score (nSPS) is 6.17. The summed E-state index contributed by atoms with van der Waals surface area (Å²) in [6.07, 6.45) is 0. The van der Waals surface area contributed by atoms with Gasteiger partial charge in [-0.25, -0.2) is 0 Å². The standard InChI is InChI=1S/C2H3ClO2.Pb.2H/c3-1-2(4)5;;;/h1H2,(H,4,5);;;. The van der Waals surface area contributed by atoms with Crippen molar-refractivity contribution in [3.05, 3.63) is 0 Å². The van der Waals surface area contributed by atoms with Crippen molar-refractivity contribution < 1.29 is 9.90 Å². The molecule has 0 atom stereocenters. The maximum absolute atomic E-state index is 9.24. The van der Waals surface area contributed by atoms with Crippen LogP contribution in [0.5, 0.6) is 0 Å². The molecule has 2 nitrogen and oxygen atoms in total. The second-order valence-electron chi connectivity index (χ2n) is 0.527. The summed E-state index contributed by atoms with van der Waals surface area (Å²) in [6, 6.07) is 0. The Hall–Kier alpha value is 0.682. The second-order valence-corrected chi connectivity index (χ2v) is 0.795. The van der Waals surface area contributed by atoms with Crippen LogP contribution in [0.15, 0.2) is 0 Å². The van der Waals surface area contributed by atoms with Crippen molar-refractivity contribution in [2.45, 2.75) is 0 Å². The van der Waals surface area contributed by atoms with E-state index in [0.717, 1.165) is 0 Å². The minimum absolute atomic E-state index is 0. The summed E-state index contributed by atoms with van der Waals surface area (Å²) in [5.74, 6) is -1.29. The molecule has 0 aliphatic carbocycles. The van der Waals surface area contributed by atoms with Crippen molar-refractivity contribution in [1.29, 1.82) is 0 Å². The number of hydrogen-bond acceptors (Lipinski definition) is 1. The average molecular weight is 304 g/mol. The van der Waals surface area contributed by atoms with Crippen LogP contribution >= 0.6 is 11.6 Å². The monoisotopic (exact) mass is 304 g/mol. The van der Waals surface area contributed by atoms with E-state index in [4.69, 9.17) is 16.7 Å². The van der Waals surface area contributed by atoms with Gasteiger partial charge >= 0.3 is 33.3 Å². The SMILES string of the molecule is O=C(O)CCl.[PbH2]. The fraction of sp³-hybridized carbons (Fsp3) is 0.500. The van der Waals surface area contributed by atoms with Crippen molar-refractivity contribution in [1.82, 2.24) is 0 Å². The molecule has 0 aliphatic rings. The first-order valence-corrected chi connectivity index (χ1v) is 1.58. The molecular formula is C2H5ClO2Pb. The van der Waals surface area contributed by atoms with E-state index in [1.807, 2.05) is 0 Å². The predicted molar refractivity (Wildman–Crippen MR) is 26.9 cm³/mol. The first kappa shape index (κ1) is 9.84. The fourth-order valence-corrected chi connectivity index (χ4v) is 0. The van der Waals surface area contributed by atoms with Crippen LogP contribution in [-0.2, 0) is 4.79 Å². The van der Waals surface area contributed by atoms with Gasteiger partial charge in [0.15, 0.2) is 0 Å². The number of halogens is 1. The number of carboxylic acids is 1. The van der Waals surface area contributed by atoms with Gasteiger partial charge in [0.1, 0.15) is 5.88 Å². The van der Waals surface area contributed by atoms with E-state index in [-0.39, 0.29) is 33.2 Å². The van der Waals surface area contributed by atoms with Crippen molar-refractivity contribution in [3.63, 3.8) is 0 Å². The Morgan fingerprint density at radius 2 is 2.00 bits per heavy atom. The number of aliphatic carboxylic acids is 1. The molecule has 4 heteroatoms. The molecule has 6 heavy (non-hydrogen) atoms. The van der Waals surface area contributed by atoms with Crippen LogP contribution in [0.1, 0.15) is 0 Å². The van der Waals surface area contributed by atoms with Crippen LogP contribution in [0.2, 0.25) is 0 Å². The van der Waals surface area contributed by atoms with Gasteiger partial charge in [-0.2, -0.15) is 0 Å². The molecule has 0 saturated heterocycles. The first-order valence-electron chi connectivity index (χ1n) is 1.05. The van der Waals surface area contributed by atoms with Crippen LogP contribution in [0.3, 0.4) is 0 Å². The molecule has 0 aromatic rings. The Bertz CT molecular complexity index is 46.8. The van der Waals surface area contributed by atoms with Crippen LogP contribution in [0.25, 0.3) is 0 Å². The predicted octanol–water partition coefficient (Wildman–Crippen LogP) is -0.606. The summed E-state index contributed by atoms with van der Waals surface area (Å²) in [5, 5.41) is 7.59. The molecule has 1 N–H and O–H groups in total. The van der Waals surface area contributed by atoms with E-state index in [1.165, 1.54) is 0 Å². The summed E-state index contributed by atoms with van der Waals surface area (Å²) in [4.78, 5) is 9.24. The van der Waals surface area contributed by atoms with Crippen molar-refractivity contribution >= 4 is 44.9 Å². The summed E-state index contributed by atoms with van der Waals surface area (Å²) in [6.45, 7) is 0. The third kappa shape index (κ3) is 8.82. The molecule has 0 aromatic heterocycles. The van der Waals surface area contributed by atoms with Gasteiger partial charge in [-0.1, -0.05) is 0 Å². The zero-order valence-electron chi connectivity index (χ0n) is 3.15. The molecule has 0 fully saturated rings. The quantitative estimate of drug-likeness (QED) is 0.519. The van der Waals surface area contributed by atoms with Gasteiger partial charge in [-0.3, -0.25) is 4.79 Å². The molecule has 0 bridgehead atoms. The van der Waals surface area contributed by atoms with Crippen molar-refractivity contribution in [2.24, 2.45) is 0 Å². The Kier molecular flexibility index (Phi) is 9.32. The Balaban J connectivity index is 0. The molecule has 0 heterocycles. The molecule has 0 spiro atoms. The molecule has 0 aliphatic heterocycles. The van der Waals surface area contributed by atoms with Crippen LogP contribution in [0.4, 0.5) is 0 Å². The van der Waals surface area contributed by atoms with Gasteiger partial charge in [0.05, 0.1) is 0 Å². The zero-order chi connectivity index (χ0) is 4.28. The zero-order valence-corrected chi connectivity index (χ0v) is 9.40. The summed E-state index contributed by atoms with van der Waals surface area (Å²) in [5.41, 5.74) is 0. The summed E-state index contributed by atoms with van der Waals surface area (Å²) in [7, 11) is 0. The van der Waals surface area contributed by atoms with E-state index >= 15 is 0 Å².